The highest BCUT2D eigenvalue weighted by Crippen LogP contribution is 2.15. The Labute approximate surface area is 120 Å². The fraction of sp³-hybridized carbons (Fsp3) is 0.714. The van der Waals surface area contributed by atoms with Crippen molar-refractivity contribution in [1.29, 1.82) is 0 Å². The third-order valence-electron chi connectivity index (χ3n) is 2.74. The summed E-state index contributed by atoms with van der Waals surface area (Å²) in [7, 11) is 1.60. The smallest absolute Gasteiger partial charge is 0.218 e. The lowest BCUT2D eigenvalue weighted by molar-refractivity contribution is 0.176. The van der Waals surface area contributed by atoms with Crippen LogP contribution >= 0.6 is 11.6 Å². The fourth-order valence-corrected chi connectivity index (χ4v) is 1.96. The van der Waals surface area contributed by atoms with Gasteiger partial charge in [-0.2, -0.15) is 4.98 Å². The SMILES string of the molecule is CCCCCCCCOc1cc(Cl)nc(COC)n1. The van der Waals surface area contributed by atoms with Crippen LogP contribution in [0.2, 0.25) is 5.15 Å². The lowest BCUT2D eigenvalue weighted by Gasteiger charge is -2.07. The van der Waals surface area contributed by atoms with E-state index in [4.69, 9.17) is 21.1 Å². The lowest BCUT2D eigenvalue weighted by atomic mass is 10.1. The number of hydrogen-bond donors (Lipinski definition) is 0. The van der Waals surface area contributed by atoms with Crippen molar-refractivity contribution >= 4 is 11.6 Å². The second kappa shape index (κ2) is 9.98. The molecular formula is C14H23ClN2O2. The van der Waals surface area contributed by atoms with Crippen molar-refractivity contribution in [2.24, 2.45) is 0 Å². The Kier molecular flexibility index (Phi) is 8.50. The molecule has 0 aliphatic carbocycles. The number of nitrogens with zero attached hydrogens (tertiary/aromatic N) is 2. The highest BCUT2D eigenvalue weighted by atomic mass is 35.5. The summed E-state index contributed by atoms with van der Waals surface area (Å²) in [6, 6.07) is 1.64. The van der Waals surface area contributed by atoms with Gasteiger partial charge in [-0.05, 0) is 6.42 Å². The monoisotopic (exact) mass is 286 g/mol. The normalized spacial score (nSPS) is 10.7. The van der Waals surface area contributed by atoms with E-state index >= 15 is 0 Å². The molecule has 1 aromatic heterocycles. The number of unbranched alkanes of at least 4 members (excludes halogenated alkanes) is 5. The van der Waals surface area contributed by atoms with E-state index in [2.05, 4.69) is 16.9 Å². The van der Waals surface area contributed by atoms with Crippen LogP contribution in [0, 0.1) is 0 Å². The van der Waals surface area contributed by atoms with Crippen LogP contribution in [-0.4, -0.2) is 23.7 Å². The Bertz CT molecular complexity index is 361. The Morgan fingerprint density at radius 2 is 1.84 bits per heavy atom. The predicted octanol–water partition coefficient (Wildman–Crippen LogP) is 4.02. The molecule has 0 aliphatic rings. The molecule has 19 heavy (non-hydrogen) atoms. The topological polar surface area (TPSA) is 44.2 Å². The molecule has 5 heteroatoms. The van der Waals surface area contributed by atoms with E-state index in [9.17, 15) is 0 Å². The molecule has 1 rings (SSSR count). The van der Waals surface area contributed by atoms with E-state index in [-0.39, 0.29) is 0 Å². The Morgan fingerprint density at radius 3 is 2.58 bits per heavy atom. The highest BCUT2D eigenvalue weighted by Gasteiger charge is 2.04. The average Bonchev–Trinajstić information content (AvgIpc) is 2.37. The van der Waals surface area contributed by atoms with Crippen LogP contribution in [0.1, 0.15) is 51.3 Å². The van der Waals surface area contributed by atoms with Gasteiger partial charge in [-0.3, -0.25) is 0 Å². The van der Waals surface area contributed by atoms with Gasteiger partial charge in [0.1, 0.15) is 11.8 Å². The summed E-state index contributed by atoms with van der Waals surface area (Å²) >= 11 is 5.90. The zero-order chi connectivity index (χ0) is 13.9. The maximum absolute atomic E-state index is 5.90. The second-order valence-electron chi connectivity index (χ2n) is 4.49. The minimum atomic E-state index is 0.341. The molecule has 0 bridgehead atoms. The van der Waals surface area contributed by atoms with Gasteiger partial charge in [0.05, 0.1) is 6.61 Å². The van der Waals surface area contributed by atoms with Gasteiger partial charge in [-0.15, -0.1) is 0 Å². The van der Waals surface area contributed by atoms with Gasteiger partial charge >= 0.3 is 0 Å². The van der Waals surface area contributed by atoms with Crippen LogP contribution < -0.4 is 4.74 Å². The summed E-state index contributed by atoms with van der Waals surface area (Å²) in [4.78, 5) is 8.28. The van der Waals surface area contributed by atoms with Crippen molar-refractivity contribution in [3.05, 3.63) is 17.0 Å². The zero-order valence-corrected chi connectivity index (χ0v) is 12.6. The average molecular weight is 287 g/mol. The quantitative estimate of drug-likeness (QED) is 0.481. The molecule has 0 aliphatic heterocycles. The summed E-state index contributed by atoms with van der Waals surface area (Å²) < 4.78 is 10.6. The molecule has 0 N–H and O–H groups in total. The maximum atomic E-state index is 5.90. The lowest BCUT2D eigenvalue weighted by Crippen LogP contribution is -2.03. The molecule has 0 saturated carbocycles. The van der Waals surface area contributed by atoms with Crippen LogP contribution in [-0.2, 0) is 11.3 Å². The number of ether oxygens (including phenoxy) is 2. The van der Waals surface area contributed by atoms with Crippen LogP contribution in [0.25, 0.3) is 0 Å². The Hall–Kier alpha value is -0.870. The van der Waals surface area contributed by atoms with Crippen LogP contribution in [0.4, 0.5) is 0 Å². The van der Waals surface area contributed by atoms with Crippen LogP contribution in [0.5, 0.6) is 5.88 Å². The third kappa shape index (κ3) is 7.33. The van der Waals surface area contributed by atoms with Crippen molar-refractivity contribution < 1.29 is 9.47 Å². The van der Waals surface area contributed by atoms with Gasteiger partial charge in [0.25, 0.3) is 0 Å². The molecule has 4 nitrogen and oxygen atoms in total. The van der Waals surface area contributed by atoms with Gasteiger partial charge in [-0.1, -0.05) is 50.6 Å². The largest absolute Gasteiger partial charge is 0.478 e. The molecule has 1 aromatic rings. The number of halogens is 1. The molecular weight excluding hydrogens is 264 g/mol. The fourth-order valence-electron chi connectivity index (χ4n) is 1.77. The van der Waals surface area contributed by atoms with Gasteiger partial charge in [0.15, 0.2) is 5.82 Å². The number of hydrogen-bond acceptors (Lipinski definition) is 4. The first-order valence-electron chi connectivity index (χ1n) is 6.91. The van der Waals surface area contributed by atoms with E-state index < -0.39 is 0 Å². The maximum Gasteiger partial charge on any atom is 0.218 e. The zero-order valence-electron chi connectivity index (χ0n) is 11.8. The molecule has 0 amide bonds. The van der Waals surface area contributed by atoms with Gasteiger partial charge in [0, 0.05) is 13.2 Å². The van der Waals surface area contributed by atoms with Crippen molar-refractivity contribution in [3.8, 4) is 5.88 Å². The summed E-state index contributed by atoms with van der Waals surface area (Å²) in [6.07, 6.45) is 7.43. The first kappa shape index (κ1) is 16.2. The van der Waals surface area contributed by atoms with E-state index in [0.29, 0.717) is 30.1 Å². The molecule has 0 spiro atoms. The summed E-state index contributed by atoms with van der Waals surface area (Å²) in [5.74, 6) is 1.08. The van der Waals surface area contributed by atoms with E-state index in [0.717, 1.165) is 6.42 Å². The minimum Gasteiger partial charge on any atom is -0.478 e. The third-order valence-corrected chi connectivity index (χ3v) is 2.93. The number of methoxy groups -OCH3 is 1. The van der Waals surface area contributed by atoms with Gasteiger partial charge in [-0.25, -0.2) is 4.98 Å². The molecule has 0 unspecified atom stereocenters. The van der Waals surface area contributed by atoms with E-state index in [1.807, 2.05) is 0 Å². The predicted molar refractivity (Wildman–Crippen MR) is 76.6 cm³/mol. The first-order chi connectivity index (χ1) is 9.26. The Morgan fingerprint density at radius 1 is 1.11 bits per heavy atom. The molecule has 0 fully saturated rings. The van der Waals surface area contributed by atoms with Crippen molar-refractivity contribution in [3.63, 3.8) is 0 Å². The number of aromatic nitrogens is 2. The second-order valence-corrected chi connectivity index (χ2v) is 4.88. The van der Waals surface area contributed by atoms with Crippen molar-refractivity contribution in [1.82, 2.24) is 9.97 Å². The van der Waals surface area contributed by atoms with E-state index in [1.54, 1.807) is 13.2 Å². The van der Waals surface area contributed by atoms with Gasteiger partial charge < -0.3 is 9.47 Å². The summed E-state index contributed by atoms with van der Waals surface area (Å²) in [5.41, 5.74) is 0. The van der Waals surface area contributed by atoms with Crippen molar-refractivity contribution in [2.45, 2.75) is 52.1 Å². The molecule has 108 valence electrons. The van der Waals surface area contributed by atoms with Crippen LogP contribution in [0.15, 0.2) is 6.07 Å². The first-order valence-corrected chi connectivity index (χ1v) is 7.29. The highest BCUT2D eigenvalue weighted by molar-refractivity contribution is 6.29. The van der Waals surface area contributed by atoms with Crippen molar-refractivity contribution in [2.75, 3.05) is 13.7 Å². The minimum absolute atomic E-state index is 0.341. The molecule has 0 saturated heterocycles. The van der Waals surface area contributed by atoms with Crippen LogP contribution in [0.3, 0.4) is 0 Å². The van der Waals surface area contributed by atoms with E-state index in [1.165, 1.54) is 32.1 Å². The molecule has 0 atom stereocenters. The van der Waals surface area contributed by atoms with Gasteiger partial charge in [0.2, 0.25) is 5.88 Å². The summed E-state index contributed by atoms with van der Waals surface area (Å²) in [6.45, 7) is 3.24. The standard InChI is InChI=1S/C14H23ClN2O2/c1-3-4-5-6-7-8-9-19-14-10-12(15)16-13(17-14)11-18-2/h10H,3-9,11H2,1-2H3. The number of rotatable bonds is 10. The molecule has 0 radical (unpaired) electrons. The Balaban J connectivity index is 2.25. The summed E-state index contributed by atoms with van der Waals surface area (Å²) in [5, 5.41) is 0.389. The molecule has 0 aromatic carbocycles. The molecule has 1 heterocycles.